The van der Waals surface area contributed by atoms with Crippen molar-refractivity contribution in [3.8, 4) is 0 Å². The first-order valence-electron chi connectivity index (χ1n) is 7.77. The largest absolute Gasteiger partial charge is 0.0928 e. The monoisotopic (exact) mass is 303 g/mol. The summed E-state index contributed by atoms with van der Waals surface area (Å²) >= 11 is 3.48. The topological polar surface area (TPSA) is 0 Å². The van der Waals surface area contributed by atoms with Crippen LogP contribution in [0.1, 0.15) is 89.9 Å². The summed E-state index contributed by atoms with van der Waals surface area (Å²) in [6, 6.07) is 0. The molecule has 1 heteroatoms. The Morgan fingerprint density at radius 1 is 0.471 bits per heavy atom. The summed E-state index contributed by atoms with van der Waals surface area (Å²) in [5, 5.41) is 1.18. The van der Waals surface area contributed by atoms with Crippen molar-refractivity contribution in [2.24, 2.45) is 0 Å². The van der Waals surface area contributed by atoms with Crippen molar-refractivity contribution in [1.29, 1.82) is 0 Å². The summed E-state index contributed by atoms with van der Waals surface area (Å²) in [5.41, 5.74) is 0. The van der Waals surface area contributed by atoms with E-state index >= 15 is 0 Å². The van der Waals surface area contributed by atoms with E-state index in [1.54, 1.807) is 0 Å². The zero-order chi connectivity index (χ0) is 12.6. The van der Waals surface area contributed by atoms with Gasteiger partial charge in [0.15, 0.2) is 0 Å². The van der Waals surface area contributed by atoms with Crippen LogP contribution >= 0.6 is 15.9 Å². The van der Waals surface area contributed by atoms with Gasteiger partial charge < -0.3 is 0 Å². The van der Waals surface area contributed by atoms with Gasteiger partial charge in [-0.3, -0.25) is 0 Å². The molecule has 0 unspecified atom stereocenters. The second-order valence-electron chi connectivity index (χ2n) is 5.14. The van der Waals surface area contributed by atoms with Crippen LogP contribution in [0.2, 0.25) is 0 Å². The molecule has 0 saturated carbocycles. The Labute approximate surface area is 118 Å². The van der Waals surface area contributed by atoms with Crippen molar-refractivity contribution in [3.05, 3.63) is 6.92 Å². The Balaban J connectivity index is 2.85. The molecule has 0 heterocycles. The lowest BCUT2D eigenvalue weighted by Crippen LogP contribution is -1.83. The molecule has 0 fully saturated rings. The fraction of sp³-hybridized carbons (Fsp3) is 0.938. The number of hydrogen-bond donors (Lipinski definition) is 0. The average molecular weight is 304 g/mol. The fourth-order valence-electron chi connectivity index (χ4n) is 2.22. The molecular weight excluding hydrogens is 272 g/mol. The van der Waals surface area contributed by atoms with Crippen molar-refractivity contribution in [1.82, 2.24) is 0 Å². The smallest absolute Gasteiger partial charge is 0.00313 e. The summed E-state index contributed by atoms with van der Waals surface area (Å²) in [4.78, 5) is 0. The van der Waals surface area contributed by atoms with Gasteiger partial charge in [-0.15, -0.1) is 0 Å². The molecule has 17 heavy (non-hydrogen) atoms. The van der Waals surface area contributed by atoms with Gasteiger partial charge in [0, 0.05) is 5.33 Å². The van der Waals surface area contributed by atoms with Crippen LogP contribution in [0.25, 0.3) is 0 Å². The van der Waals surface area contributed by atoms with Gasteiger partial charge in [-0.2, -0.15) is 0 Å². The van der Waals surface area contributed by atoms with E-state index in [1.165, 1.54) is 88.8 Å². The highest BCUT2D eigenvalue weighted by Gasteiger charge is 1.93. The number of hydrogen-bond acceptors (Lipinski definition) is 0. The first-order chi connectivity index (χ1) is 8.41. The Kier molecular flexibility index (Phi) is 16.9. The van der Waals surface area contributed by atoms with Crippen LogP contribution in [0.4, 0.5) is 0 Å². The second kappa shape index (κ2) is 16.5. The highest BCUT2D eigenvalue weighted by molar-refractivity contribution is 9.09. The maximum Gasteiger partial charge on any atom is 0.00313 e. The van der Waals surface area contributed by atoms with E-state index in [0.29, 0.717) is 0 Å². The first-order valence-corrected chi connectivity index (χ1v) is 8.89. The van der Waals surface area contributed by atoms with Crippen LogP contribution in [-0.4, -0.2) is 5.33 Å². The van der Waals surface area contributed by atoms with Gasteiger partial charge in [0.05, 0.1) is 0 Å². The molecule has 0 nitrogen and oxygen atoms in total. The zero-order valence-electron chi connectivity index (χ0n) is 11.7. The third kappa shape index (κ3) is 16.5. The molecule has 0 aromatic rings. The van der Waals surface area contributed by atoms with Gasteiger partial charge in [-0.1, -0.05) is 106 Å². The maximum absolute atomic E-state index is 3.88. The lowest BCUT2D eigenvalue weighted by atomic mass is 10.0. The molecule has 0 bridgehead atoms. The number of unbranched alkanes of at least 4 members (excludes halogenated alkanes) is 13. The normalized spacial score (nSPS) is 10.9. The molecule has 0 atom stereocenters. The number of halogens is 1. The molecule has 0 spiro atoms. The molecule has 0 aliphatic carbocycles. The van der Waals surface area contributed by atoms with E-state index in [4.69, 9.17) is 0 Å². The van der Waals surface area contributed by atoms with Gasteiger partial charge in [0.2, 0.25) is 0 Å². The quantitative estimate of drug-likeness (QED) is 0.248. The molecule has 1 radical (unpaired) electrons. The summed E-state index contributed by atoms with van der Waals surface area (Å²) in [5.74, 6) is 0. The minimum Gasteiger partial charge on any atom is -0.0928 e. The second-order valence-corrected chi connectivity index (χ2v) is 5.93. The van der Waals surface area contributed by atoms with Gasteiger partial charge >= 0.3 is 0 Å². The van der Waals surface area contributed by atoms with Crippen molar-refractivity contribution < 1.29 is 0 Å². The van der Waals surface area contributed by atoms with Crippen molar-refractivity contribution in [3.63, 3.8) is 0 Å². The summed E-state index contributed by atoms with van der Waals surface area (Å²) in [6.07, 6.45) is 19.7. The summed E-state index contributed by atoms with van der Waals surface area (Å²) in [6.45, 7) is 3.88. The third-order valence-corrected chi connectivity index (χ3v) is 3.94. The number of rotatable bonds is 14. The molecule has 0 N–H and O–H groups in total. The van der Waals surface area contributed by atoms with Crippen LogP contribution in [0.3, 0.4) is 0 Å². The van der Waals surface area contributed by atoms with E-state index in [9.17, 15) is 0 Å². The van der Waals surface area contributed by atoms with Gasteiger partial charge in [-0.05, 0) is 6.42 Å². The van der Waals surface area contributed by atoms with Crippen molar-refractivity contribution in [2.75, 3.05) is 5.33 Å². The molecule has 0 amide bonds. The Morgan fingerprint density at radius 2 is 0.765 bits per heavy atom. The Bertz CT molecular complexity index is 109. The van der Waals surface area contributed by atoms with Gasteiger partial charge in [0.1, 0.15) is 0 Å². The first kappa shape index (κ1) is 17.5. The summed E-state index contributed by atoms with van der Waals surface area (Å²) in [7, 11) is 0. The molecular formula is C16H32Br. The predicted molar refractivity (Wildman–Crippen MR) is 83.8 cm³/mol. The average Bonchev–Trinajstić information content (AvgIpc) is 2.35. The van der Waals surface area contributed by atoms with Crippen LogP contribution in [0.5, 0.6) is 0 Å². The van der Waals surface area contributed by atoms with Gasteiger partial charge in [-0.25, -0.2) is 0 Å². The molecule has 0 aromatic carbocycles. The highest BCUT2D eigenvalue weighted by atomic mass is 79.9. The zero-order valence-corrected chi connectivity index (χ0v) is 13.3. The van der Waals surface area contributed by atoms with E-state index < -0.39 is 0 Å². The van der Waals surface area contributed by atoms with E-state index in [-0.39, 0.29) is 0 Å². The predicted octanol–water partition coefficient (Wildman–Crippen LogP) is 6.68. The van der Waals surface area contributed by atoms with E-state index in [0.717, 1.165) is 6.42 Å². The lowest BCUT2D eigenvalue weighted by Gasteiger charge is -2.02. The fourth-order valence-corrected chi connectivity index (χ4v) is 2.61. The Hall–Kier alpha value is 0.480. The molecule has 0 aliphatic heterocycles. The van der Waals surface area contributed by atoms with Crippen molar-refractivity contribution in [2.45, 2.75) is 89.9 Å². The number of alkyl halides is 1. The summed E-state index contributed by atoms with van der Waals surface area (Å²) < 4.78 is 0. The van der Waals surface area contributed by atoms with Gasteiger partial charge in [0.25, 0.3) is 0 Å². The maximum atomic E-state index is 3.88. The van der Waals surface area contributed by atoms with Crippen LogP contribution in [-0.2, 0) is 0 Å². The molecule has 103 valence electrons. The standard InChI is InChI=1S/C16H32Br/c1-2-3-4-5-6-7-8-9-10-11-12-13-14-15-16-17/h1-16H2. The highest BCUT2D eigenvalue weighted by Crippen LogP contribution is 2.12. The molecule has 0 rings (SSSR count). The van der Waals surface area contributed by atoms with Crippen LogP contribution in [0.15, 0.2) is 0 Å². The van der Waals surface area contributed by atoms with Crippen LogP contribution in [0, 0.1) is 6.92 Å². The Morgan fingerprint density at radius 3 is 1.06 bits per heavy atom. The minimum atomic E-state index is 1.12. The SMILES string of the molecule is [CH2]CCCCCCCCCCCCCCCBr. The lowest BCUT2D eigenvalue weighted by molar-refractivity contribution is 0.540. The molecule has 0 aromatic heterocycles. The van der Waals surface area contributed by atoms with Crippen LogP contribution < -0.4 is 0 Å². The molecule has 0 aliphatic rings. The van der Waals surface area contributed by atoms with Crippen molar-refractivity contribution >= 4 is 15.9 Å². The molecule has 0 saturated heterocycles. The third-order valence-electron chi connectivity index (χ3n) is 3.38. The van der Waals surface area contributed by atoms with E-state index in [2.05, 4.69) is 22.9 Å². The van der Waals surface area contributed by atoms with E-state index in [1.807, 2.05) is 0 Å². The minimum absolute atomic E-state index is 1.12.